The van der Waals surface area contributed by atoms with Gasteiger partial charge in [-0.25, -0.2) is 5.01 Å². The quantitative estimate of drug-likeness (QED) is 0.788. The van der Waals surface area contributed by atoms with Crippen molar-refractivity contribution >= 4 is 23.5 Å². The fourth-order valence-corrected chi connectivity index (χ4v) is 2.75. The van der Waals surface area contributed by atoms with E-state index in [1.54, 1.807) is 11.8 Å². The molecule has 2 atom stereocenters. The van der Waals surface area contributed by atoms with Crippen LogP contribution < -0.4 is 0 Å². The Morgan fingerprint density at radius 1 is 1.35 bits per heavy atom. The molecule has 0 unspecified atom stereocenters. The molecule has 7 heteroatoms. The maximum atomic E-state index is 12.4. The molecule has 0 aromatic heterocycles. The van der Waals surface area contributed by atoms with Crippen LogP contribution in [0.1, 0.15) is 32.6 Å². The minimum atomic E-state index is -0.868. The van der Waals surface area contributed by atoms with Crippen LogP contribution in [0.25, 0.3) is 0 Å². The third-order valence-electron chi connectivity index (χ3n) is 4.02. The Balaban J connectivity index is 2.14. The highest BCUT2D eigenvalue weighted by atomic mass is 16.4. The summed E-state index contributed by atoms with van der Waals surface area (Å²) in [5.41, 5.74) is 0.338. The summed E-state index contributed by atoms with van der Waals surface area (Å²) < 4.78 is 0. The van der Waals surface area contributed by atoms with E-state index in [1.807, 2.05) is 0 Å². The molecule has 0 aromatic carbocycles. The maximum Gasteiger partial charge on any atom is 0.308 e. The predicted octanol–water partition coefficient (Wildman–Crippen LogP) is 0.306. The highest BCUT2D eigenvalue weighted by Gasteiger charge is 2.37. The minimum Gasteiger partial charge on any atom is -0.481 e. The summed E-state index contributed by atoms with van der Waals surface area (Å²) in [5, 5.41) is 14.4. The second-order valence-corrected chi connectivity index (χ2v) is 5.29. The normalized spacial score (nSPS) is 27.3. The van der Waals surface area contributed by atoms with Crippen molar-refractivity contribution in [3.05, 3.63) is 0 Å². The molecule has 2 heterocycles. The van der Waals surface area contributed by atoms with Crippen molar-refractivity contribution in [2.45, 2.75) is 38.6 Å². The van der Waals surface area contributed by atoms with E-state index in [2.05, 4.69) is 5.10 Å². The molecular formula is C13H19N3O4. The van der Waals surface area contributed by atoms with E-state index in [1.165, 1.54) is 12.1 Å². The lowest BCUT2D eigenvalue weighted by atomic mass is 9.90. The average Bonchev–Trinajstić information content (AvgIpc) is 2.41. The number of hydrogen-bond donors (Lipinski definition) is 1. The largest absolute Gasteiger partial charge is 0.481 e. The Labute approximate surface area is 117 Å². The number of carbonyl (C=O) groups is 3. The molecule has 0 aliphatic carbocycles. The number of hydrogen-bond acceptors (Lipinski definition) is 4. The van der Waals surface area contributed by atoms with Crippen LogP contribution in [0, 0.1) is 5.92 Å². The zero-order valence-electron chi connectivity index (χ0n) is 11.7. The molecule has 0 radical (unpaired) electrons. The first-order chi connectivity index (χ1) is 9.41. The molecule has 20 heavy (non-hydrogen) atoms. The van der Waals surface area contributed by atoms with Gasteiger partial charge >= 0.3 is 5.97 Å². The first-order valence-corrected chi connectivity index (χ1v) is 6.79. The Morgan fingerprint density at radius 2 is 2.05 bits per heavy atom. The van der Waals surface area contributed by atoms with E-state index in [9.17, 15) is 19.5 Å². The number of nitrogens with zero attached hydrogens (tertiary/aromatic N) is 3. The number of carbonyl (C=O) groups excluding carboxylic acids is 2. The number of hydrazone groups is 1. The third-order valence-corrected chi connectivity index (χ3v) is 4.02. The molecule has 1 N–H and O–H groups in total. The lowest BCUT2D eigenvalue weighted by Crippen LogP contribution is -2.52. The second-order valence-electron chi connectivity index (χ2n) is 5.29. The van der Waals surface area contributed by atoms with Gasteiger partial charge in [0.1, 0.15) is 5.71 Å². The smallest absolute Gasteiger partial charge is 0.308 e. The van der Waals surface area contributed by atoms with Gasteiger partial charge in [-0.2, -0.15) is 5.10 Å². The van der Waals surface area contributed by atoms with Crippen molar-refractivity contribution in [1.82, 2.24) is 9.91 Å². The van der Waals surface area contributed by atoms with Crippen LogP contribution in [0.4, 0.5) is 0 Å². The number of piperidine rings is 1. The number of rotatable bonds is 2. The van der Waals surface area contributed by atoms with Gasteiger partial charge in [0.2, 0.25) is 5.91 Å². The molecule has 2 amide bonds. The summed E-state index contributed by atoms with van der Waals surface area (Å²) in [6.45, 7) is 2.30. The molecule has 110 valence electrons. The fourth-order valence-electron chi connectivity index (χ4n) is 2.75. The highest BCUT2D eigenvalue weighted by molar-refractivity contribution is 6.39. The molecule has 0 aromatic rings. The van der Waals surface area contributed by atoms with Gasteiger partial charge in [-0.05, 0) is 19.8 Å². The van der Waals surface area contributed by atoms with E-state index in [0.29, 0.717) is 31.5 Å². The van der Waals surface area contributed by atoms with Crippen LogP contribution in [-0.2, 0) is 14.4 Å². The maximum absolute atomic E-state index is 12.4. The average molecular weight is 281 g/mol. The van der Waals surface area contributed by atoms with E-state index in [4.69, 9.17) is 0 Å². The lowest BCUT2D eigenvalue weighted by Gasteiger charge is -2.38. The zero-order chi connectivity index (χ0) is 14.9. The Hall–Kier alpha value is -1.92. The number of likely N-dealkylation sites (tertiary alicyclic amines) is 1. The lowest BCUT2D eigenvalue weighted by molar-refractivity contribution is -0.147. The van der Waals surface area contributed by atoms with Crippen LogP contribution in [0.5, 0.6) is 0 Å². The van der Waals surface area contributed by atoms with Gasteiger partial charge in [0.05, 0.1) is 5.92 Å². The van der Waals surface area contributed by atoms with Gasteiger partial charge in [0, 0.05) is 32.5 Å². The van der Waals surface area contributed by atoms with Crippen LogP contribution in [-0.4, -0.2) is 58.1 Å². The first kappa shape index (κ1) is 14.5. The van der Waals surface area contributed by atoms with Crippen molar-refractivity contribution in [3.8, 4) is 0 Å². The Morgan fingerprint density at radius 3 is 2.65 bits per heavy atom. The van der Waals surface area contributed by atoms with E-state index in [0.717, 1.165) is 0 Å². The molecule has 1 saturated heterocycles. The fraction of sp³-hybridized carbons (Fsp3) is 0.692. The summed E-state index contributed by atoms with van der Waals surface area (Å²) in [4.78, 5) is 36.6. The van der Waals surface area contributed by atoms with E-state index < -0.39 is 11.9 Å². The van der Waals surface area contributed by atoms with Crippen LogP contribution in [0.15, 0.2) is 5.10 Å². The topological polar surface area (TPSA) is 90.3 Å². The second kappa shape index (κ2) is 5.60. The molecule has 1 fully saturated rings. The van der Waals surface area contributed by atoms with Crippen LogP contribution in [0.3, 0.4) is 0 Å². The molecule has 0 saturated carbocycles. The van der Waals surface area contributed by atoms with Crippen LogP contribution in [0.2, 0.25) is 0 Å². The molecule has 7 nitrogen and oxygen atoms in total. The van der Waals surface area contributed by atoms with Crippen molar-refractivity contribution in [3.63, 3.8) is 0 Å². The summed E-state index contributed by atoms with van der Waals surface area (Å²) in [7, 11) is 1.52. The molecule has 2 aliphatic heterocycles. The summed E-state index contributed by atoms with van der Waals surface area (Å²) in [6.07, 6.45) is 1.86. The summed E-state index contributed by atoms with van der Waals surface area (Å²) in [5.74, 6) is -1.76. The Bertz CT molecular complexity index is 474. The molecule has 0 bridgehead atoms. The van der Waals surface area contributed by atoms with Gasteiger partial charge < -0.3 is 10.0 Å². The summed E-state index contributed by atoms with van der Waals surface area (Å²) in [6, 6.07) is -0.348. The van der Waals surface area contributed by atoms with Crippen LogP contribution >= 0.6 is 0 Å². The van der Waals surface area contributed by atoms with E-state index >= 15 is 0 Å². The monoisotopic (exact) mass is 281 g/mol. The minimum absolute atomic E-state index is 0.114. The molecule has 0 spiro atoms. The Kier molecular flexibility index (Phi) is 4.06. The van der Waals surface area contributed by atoms with Gasteiger partial charge in [0.15, 0.2) is 0 Å². The van der Waals surface area contributed by atoms with Gasteiger partial charge in [-0.15, -0.1) is 0 Å². The number of aliphatic carboxylic acids is 1. The number of amides is 2. The molecule has 2 aliphatic rings. The van der Waals surface area contributed by atoms with Gasteiger partial charge in [0.25, 0.3) is 5.91 Å². The van der Waals surface area contributed by atoms with Crippen molar-refractivity contribution < 1.29 is 19.5 Å². The van der Waals surface area contributed by atoms with Crippen molar-refractivity contribution in [2.75, 3.05) is 13.6 Å². The van der Waals surface area contributed by atoms with Crippen molar-refractivity contribution in [2.24, 2.45) is 11.0 Å². The number of carboxylic acids is 1. The highest BCUT2D eigenvalue weighted by Crippen LogP contribution is 2.25. The van der Waals surface area contributed by atoms with E-state index in [-0.39, 0.29) is 24.3 Å². The molecular weight excluding hydrogens is 262 g/mol. The molecule has 2 rings (SSSR count). The predicted molar refractivity (Wildman–Crippen MR) is 71.0 cm³/mol. The summed E-state index contributed by atoms with van der Waals surface area (Å²) >= 11 is 0. The van der Waals surface area contributed by atoms with Gasteiger partial charge in [-0.3, -0.25) is 14.4 Å². The zero-order valence-corrected chi connectivity index (χ0v) is 11.7. The first-order valence-electron chi connectivity index (χ1n) is 6.79. The van der Waals surface area contributed by atoms with Gasteiger partial charge in [-0.1, -0.05) is 0 Å². The standard InChI is InChI=1S/C13H19N3O4/c1-8-9(13(19)20)4-3-7-16(8)12(18)10-5-6-11(17)15(2)14-10/h8-9H,3-7H2,1-2H3,(H,19,20)/t8-,9-/m1/s1. The number of carboxylic acid groups (broad SMARTS) is 1. The van der Waals surface area contributed by atoms with Crippen molar-refractivity contribution in [1.29, 1.82) is 0 Å². The third kappa shape index (κ3) is 2.66. The SMILES string of the molecule is C[C@@H]1[C@H](C(=O)O)CCCN1C(=O)C1=NN(C)C(=O)CC1.